The third-order valence-electron chi connectivity index (χ3n) is 11.3. The molecule has 0 heterocycles. The first kappa shape index (κ1) is 30.9. The average molecular weight is 698 g/mol. The molecule has 0 N–H and O–H groups in total. The van der Waals surface area contributed by atoms with Gasteiger partial charge in [-0.05, 0) is 0 Å². The van der Waals surface area contributed by atoms with Crippen LogP contribution in [0.1, 0.15) is 43.4 Å². The van der Waals surface area contributed by atoms with E-state index in [1.54, 1.807) is 12.1 Å². The van der Waals surface area contributed by atoms with Gasteiger partial charge >= 0.3 is 289 Å². The molecule has 48 heavy (non-hydrogen) atoms. The van der Waals surface area contributed by atoms with E-state index in [9.17, 15) is 0 Å². The minimum absolute atomic E-state index is 0.314. The Morgan fingerprint density at radius 3 is 1.42 bits per heavy atom. The summed E-state index contributed by atoms with van der Waals surface area (Å²) in [5.74, 6) is 0. The standard InChI is InChI=1S/C19H17.C13H9.C13H10.2CH3.Zr/c1-3-8-16(9-4-1)14-18-12-7-13-19(18)15-17-10-5-2-6-11-17;1-3-7-12-10(5-1)9-11-6-2-4-8-13(11)12;1-3-7-12(8-4-1)11-13-9-5-2-6-10-13;;;/h1-6,8-12H,13-15H2;1-9H;1-10H;2*1H3;. The van der Waals surface area contributed by atoms with Crippen LogP contribution in [-0.4, -0.2) is 3.21 Å². The van der Waals surface area contributed by atoms with Crippen molar-refractivity contribution in [3.05, 3.63) is 224 Å². The number of hydrogen-bond donors (Lipinski definition) is 0. The molecule has 2 aliphatic carbocycles. The van der Waals surface area contributed by atoms with Gasteiger partial charge in [-0.15, -0.1) is 0 Å². The first-order chi connectivity index (χ1) is 23.5. The van der Waals surface area contributed by atoms with Gasteiger partial charge in [-0.2, -0.15) is 0 Å². The summed E-state index contributed by atoms with van der Waals surface area (Å²) in [6.45, 7) is 0. The molecular weight excluding hydrogens is 656 g/mol. The zero-order valence-electron chi connectivity index (χ0n) is 27.9. The summed E-state index contributed by atoms with van der Waals surface area (Å²) < 4.78 is 9.14. The van der Waals surface area contributed by atoms with E-state index in [0.717, 1.165) is 19.3 Å². The molecule has 0 saturated heterocycles. The number of hydrogen-bond acceptors (Lipinski definition) is 0. The van der Waals surface area contributed by atoms with Crippen LogP contribution in [0.5, 0.6) is 0 Å². The van der Waals surface area contributed by atoms with Gasteiger partial charge in [0, 0.05) is 0 Å². The van der Waals surface area contributed by atoms with Crippen LogP contribution >= 0.6 is 0 Å². The summed E-state index contributed by atoms with van der Waals surface area (Å²) in [5.41, 5.74) is 14.4. The fraction of sp³-hybridized carbons (Fsp3) is 0.128. The van der Waals surface area contributed by atoms with Crippen LogP contribution in [0.3, 0.4) is 0 Å². The molecule has 0 spiro atoms. The number of fused-ring (bicyclic) bond motifs is 3. The summed E-state index contributed by atoms with van der Waals surface area (Å²) in [6, 6.07) is 63.4. The molecule has 0 nitrogen and oxygen atoms in total. The van der Waals surface area contributed by atoms with Crippen LogP contribution in [0.4, 0.5) is 0 Å². The Kier molecular flexibility index (Phi) is 8.06. The molecule has 0 unspecified atom stereocenters. The Morgan fingerprint density at radius 2 is 0.917 bits per heavy atom. The zero-order chi connectivity index (χ0) is 32.6. The van der Waals surface area contributed by atoms with E-state index in [-0.39, 0.29) is 0 Å². The van der Waals surface area contributed by atoms with Gasteiger partial charge in [-0.1, -0.05) is 0 Å². The van der Waals surface area contributed by atoms with Gasteiger partial charge in [0.05, 0.1) is 0 Å². The van der Waals surface area contributed by atoms with E-state index < -0.39 is 18.3 Å². The van der Waals surface area contributed by atoms with Crippen molar-refractivity contribution in [2.75, 3.05) is 0 Å². The van der Waals surface area contributed by atoms with Crippen LogP contribution in [0.25, 0.3) is 11.1 Å². The van der Waals surface area contributed by atoms with Crippen LogP contribution in [-0.2, 0) is 31.1 Å². The van der Waals surface area contributed by atoms with Gasteiger partial charge in [0.25, 0.3) is 0 Å². The predicted octanol–water partition coefficient (Wildman–Crippen LogP) is 11.9. The molecule has 0 amide bonds. The normalized spacial score (nSPS) is 14.4. The number of rotatable bonds is 8. The summed E-state index contributed by atoms with van der Waals surface area (Å²) in [4.78, 5) is 0. The Labute approximate surface area is 286 Å². The summed E-state index contributed by atoms with van der Waals surface area (Å²) in [5, 5.41) is 0. The van der Waals surface area contributed by atoms with Crippen LogP contribution < -0.4 is 0 Å². The van der Waals surface area contributed by atoms with E-state index in [4.69, 9.17) is 0 Å². The van der Waals surface area contributed by atoms with Gasteiger partial charge in [0.2, 0.25) is 0 Å². The Morgan fingerprint density at radius 1 is 0.500 bits per heavy atom. The molecule has 6 aromatic rings. The van der Waals surface area contributed by atoms with Crippen LogP contribution in [0, 0.1) is 0 Å². The maximum absolute atomic E-state index is 4.47. The summed E-state index contributed by atoms with van der Waals surface area (Å²) in [6.07, 6.45) is 5.67. The quantitative estimate of drug-likeness (QED) is 0.149. The SMILES string of the molecule is [CH3][Zr]([CH3])([C]1=CC(Cc2ccccc2)=C(Cc2ccccc2)C1)(=[C](c1ccccc1)c1ccccc1)[CH]1c2ccccc2-c2ccccc21. The molecule has 0 fully saturated rings. The van der Waals surface area contributed by atoms with Crippen molar-refractivity contribution in [3.8, 4) is 11.1 Å². The molecule has 0 atom stereocenters. The molecule has 6 aromatic carbocycles. The second-order valence-corrected chi connectivity index (χ2v) is 31.0. The van der Waals surface area contributed by atoms with Crippen molar-refractivity contribution in [2.24, 2.45) is 0 Å². The summed E-state index contributed by atoms with van der Waals surface area (Å²) >= 11 is -4.47. The van der Waals surface area contributed by atoms with Gasteiger partial charge in [-0.3, -0.25) is 0 Å². The van der Waals surface area contributed by atoms with Crippen molar-refractivity contribution in [2.45, 2.75) is 32.2 Å². The topological polar surface area (TPSA) is 0 Å². The number of allylic oxidation sites excluding steroid dienone is 4. The van der Waals surface area contributed by atoms with E-state index >= 15 is 0 Å². The molecule has 0 bridgehead atoms. The molecule has 1 heteroatoms. The van der Waals surface area contributed by atoms with Gasteiger partial charge < -0.3 is 0 Å². The minimum atomic E-state index is -4.47. The van der Waals surface area contributed by atoms with E-state index in [1.807, 2.05) is 0 Å². The second kappa shape index (κ2) is 12.5. The zero-order valence-corrected chi connectivity index (χ0v) is 30.4. The first-order valence-electron chi connectivity index (χ1n) is 17.4. The molecular formula is C47H42Zr. The van der Waals surface area contributed by atoms with E-state index in [2.05, 4.69) is 185 Å². The van der Waals surface area contributed by atoms with Crippen molar-refractivity contribution in [3.63, 3.8) is 0 Å². The fourth-order valence-corrected chi connectivity index (χ4v) is 25.9. The van der Waals surface area contributed by atoms with Crippen molar-refractivity contribution >= 4 is 3.21 Å². The molecule has 2 aliphatic rings. The van der Waals surface area contributed by atoms with Gasteiger partial charge in [-0.25, -0.2) is 0 Å². The van der Waals surface area contributed by atoms with Gasteiger partial charge in [0.1, 0.15) is 0 Å². The van der Waals surface area contributed by atoms with Crippen molar-refractivity contribution in [1.29, 1.82) is 0 Å². The van der Waals surface area contributed by atoms with Gasteiger partial charge in [0.15, 0.2) is 0 Å². The van der Waals surface area contributed by atoms with E-state index in [0.29, 0.717) is 3.63 Å². The van der Waals surface area contributed by atoms with Crippen molar-refractivity contribution < 1.29 is 18.3 Å². The Bertz CT molecular complexity index is 2140. The first-order valence-corrected chi connectivity index (χ1v) is 26.2. The summed E-state index contributed by atoms with van der Waals surface area (Å²) in [7, 11) is 0. The maximum atomic E-state index is 2.78. The third kappa shape index (κ3) is 5.30. The van der Waals surface area contributed by atoms with E-state index in [1.165, 1.54) is 50.1 Å². The molecule has 8 rings (SSSR count). The van der Waals surface area contributed by atoms with Crippen LogP contribution in [0.15, 0.2) is 190 Å². The number of benzene rings is 6. The van der Waals surface area contributed by atoms with Crippen LogP contribution in [0.2, 0.25) is 9.26 Å². The monoisotopic (exact) mass is 696 g/mol. The predicted molar refractivity (Wildman–Crippen MR) is 202 cm³/mol. The average Bonchev–Trinajstić information content (AvgIpc) is 3.70. The molecule has 0 radical (unpaired) electrons. The third-order valence-corrected chi connectivity index (χ3v) is 27.9. The Hall–Kier alpha value is -4.45. The Balaban J connectivity index is 1.45. The van der Waals surface area contributed by atoms with Crippen molar-refractivity contribution in [1.82, 2.24) is 0 Å². The fourth-order valence-electron chi connectivity index (χ4n) is 9.05. The second-order valence-electron chi connectivity index (χ2n) is 14.5. The molecule has 0 saturated carbocycles. The molecule has 0 aliphatic heterocycles. The molecule has 0 aromatic heterocycles. The molecule has 234 valence electrons.